The van der Waals surface area contributed by atoms with Crippen LogP contribution in [-0.2, 0) is 14.3 Å². The van der Waals surface area contributed by atoms with E-state index < -0.39 is 14.1 Å². The van der Waals surface area contributed by atoms with Crippen molar-refractivity contribution in [2.24, 2.45) is 0 Å². The van der Waals surface area contributed by atoms with Gasteiger partial charge in [-0.3, -0.25) is 4.79 Å². The molecule has 0 aromatic rings. The summed E-state index contributed by atoms with van der Waals surface area (Å²) in [6.07, 6.45) is 0.743. The van der Waals surface area contributed by atoms with Crippen molar-refractivity contribution in [3.05, 3.63) is 12.7 Å². The second-order valence-electron chi connectivity index (χ2n) is 4.04. The lowest BCUT2D eigenvalue weighted by Crippen LogP contribution is -2.39. The van der Waals surface area contributed by atoms with E-state index in [4.69, 9.17) is 0 Å². The van der Waals surface area contributed by atoms with Crippen molar-refractivity contribution in [1.29, 1.82) is 0 Å². The number of hydrogen-bond donors (Lipinski definition) is 1. The van der Waals surface area contributed by atoms with E-state index in [-0.39, 0.29) is 18.4 Å². The quantitative estimate of drug-likeness (QED) is 0.310. The molecule has 5 nitrogen and oxygen atoms in total. The lowest BCUT2D eigenvalue weighted by atomic mass is 10.5. The van der Waals surface area contributed by atoms with Crippen molar-refractivity contribution >= 4 is 19.6 Å². The van der Waals surface area contributed by atoms with Gasteiger partial charge in [0.2, 0.25) is 5.52 Å². The first-order valence-corrected chi connectivity index (χ1v) is 5.83. The van der Waals surface area contributed by atoms with E-state index in [0.29, 0.717) is 4.48 Å². The number of quaternary nitrogens is 1. The standard InChI is InChI=1S/C9H17NO4P/c1-5-8(11)14-7-15(13)9(12)6-10(2,3)4/h5,13H,1,6-7H2,2-4H3/q+1. The highest BCUT2D eigenvalue weighted by atomic mass is 31.1. The van der Waals surface area contributed by atoms with Crippen LogP contribution in [0.5, 0.6) is 0 Å². The predicted octanol–water partition coefficient (Wildman–Crippen LogP) is 0.295. The molecule has 0 aliphatic rings. The van der Waals surface area contributed by atoms with E-state index in [1.54, 1.807) is 0 Å². The van der Waals surface area contributed by atoms with Crippen molar-refractivity contribution in [2.75, 3.05) is 34.0 Å². The Morgan fingerprint density at radius 1 is 1.47 bits per heavy atom. The smallest absolute Gasteiger partial charge is 0.330 e. The molecule has 0 amide bonds. The Balaban J connectivity index is 4.00. The summed E-state index contributed by atoms with van der Waals surface area (Å²) < 4.78 is 5.02. The first-order valence-electron chi connectivity index (χ1n) is 4.35. The van der Waals surface area contributed by atoms with E-state index in [9.17, 15) is 14.5 Å². The Labute approximate surface area is 90.8 Å². The molecule has 1 atom stereocenters. The number of esters is 1. The van der Waals surface area contributed by atoms with Crippen LogP contribution in [0.25, 0.3) is 0 Å². The van der Waals surface area contributed by atoms with Crippen molar-refractivity contribution in [2.45, 2.75) is 0 Å². The van der Waals surface area contributed by atoms with Crippen molar-refractivity contribution in [1.82, 2.24) is 0 Å². The SMILES string of the molecule is C=CC(=O)OCP(O)C(=O)C[N+](C)(C)C. The highest BCUT2D eigenvalue weighted by Gasteiger charge is 2.23. The molecule has 0 aromatic heterocycles. The molecule has 0 saturated carbocycles. The molecule has 15 heavy (non-hydrogen) atoms. The van der Waals surface area contributed by atoms with Gasteiger partial charge < -0.3 is 14.1 Å². The van der Waals surface area contributed by atoms with Gasteiger partial charge in [0.15, 0.2) is 0 Å². The minimum Gasteiger partial charge on any atom is -0.455 e. The molecule has 0 radical (unpaired) electrons. The topological polar surface area (TPSA) is 63.6 Å². The molecule has 0 bridgehead atoms. The summed E-state index contributed by atoms with van der Waals surface area (Å²) in [5.41, 5.74) is -0.283. The fourth-order valence-electron chi connectivity index (χ4n) is 0.743. The van der Waals surface area contributed by atoms with Crippen LogP contribution >= 0.6 is 8.15 Å². The molecular weight excluding hydrogens is 217 g/mol. The van der Waals surface area contributed by atoms with E-state index in [2.05, 4.69) is 11.3 Å². The van der Waals surface area contributed by atoms with Crippen LogP contribution in [0.15, 0.2) is 12.7 Å². The molecule has 0 heterocycles. The van der Waals surface area contributed by atoms with Gasteiger partial charge in [-0.15, -0.1) is 0 Å². The molecule has 1 unspecified atom stereocenters. The van der Waals surface area contributed by atoms with Crippen LogP contribution in [0, 0.1) is 0 Å². The van der Waals surface area contributed by atoms with E-state index in [1.807, 2.05) is 21.1 Å². The second kappa shape index (κ2) is 5.95. The summed E-state index contributed by atoms with van der Waals surface area (Å²) in [7, 11) is 3.64. The third-order valence-corrected chi connectivity index (χ3v) is 2.48. The summed E-state index contributed by atoms with van der Waals surface area (Å²) in [5, 5.41) is 0. The second-order valence-corrected chi connectivity index (χ2v) is 5.59. The number of carbonyl (C=O) groups is 2. The van der Waals surface area contributed by atoms with Gasteiger partial charge in [0.1, 0.15) is 21.0 Å². The number of carbonyl (C=O) groups excluding carboxylic acids is 2. The van der Waals surface area contributed by atoms with Crippen LogP contribution in [0.2, 0.25) is 0 Å². The van der Waals surface area contributed by atoms with Gasteiger partial charge in [-0.05, 0) is 0 Å². The van der Waals surface area contributed by atoms with E-state index in [0.717, 1.165) is 6.08 Å². The molecule has 0 aliphatic carbocycles. The Bertz CT molecular complexity index is 259. The Hall–Kier alpha value is -0.770. The largest absolute Gasteiger partial charge is 0.455 e. The highest BCUT2D eigenvalue weighted by molar-refractivity contribution is 7.69. The number of hydrogen-bond acceptors (Lipinski definition) is 4. The maximum Gasteiger partial charge on any atom is 0.330 e. The fourth-order valence-corrected chi connectivity index (χ4v) is 1.72. The van der Waals surface area contributed by atoms with Gasteiger partial charge in [-0.1, -0.05) is 6.58 Å². The molecule has 0 saturated heterocycles. The summed E-state index contributed by atoms with van der Waals surface area (Å²) in [6, 6.07) is 0. The first-order chi connectivity index (χ1) is 6.76. The van der Waals surface area contributed by atoms with Crippen molar-refractivity contribution in [3.63, 3.8) is 0 Å². The van der Waals surface area contributed by atoms with Crippen LogP contribution in [-0.4, -0.2) is 54.9 Å². The maximum absolute atomic E-state index is 11.4. The summed E-state index contributed by atoms with van der Waals surface area (Å²) in [6.45, 7) is 3.42. The third-order valence-electron chi connectivity index (χ3n) is 1.39. The van der Waals surface area contributed by atoms with Gasteiger partial charge in [0.05, 0.1) is 21.1 Å². The van der Waals surface area contributed by atoms with E-state index in [1.165, 1.54) is 0 Å². The predicted molar refractivity (Wildman–Crippen MR) is 58.2 cm³/mol. The third kappa shape index (κ3) is 7.19. The molecule has 86 valence electrons. The number of ether oxygens (including phenoxy) is 1. The molecule has 0 aromatic carbocycles. The first kappa shape index (κ1) is 14.2. The molecule has 0 fully saturated rings. The number of likely N-dealkylation sites (N-methyl/N-ethyl adjacent to an activating group) is 1. The molecule has 0 spiro atoms. The Kier molecular flexibility index (Phi) is 5.65. The summed E-state index contributed by atoms with van der Waals surface area (Å²) in [5.74, 6) is -0.630. The van der Waals surface area contributed by atoms with Crippen LogP contribution in [0.4, 0.5) is 0 Å². The van der Waals surface area contributed by atoms with Gasteiger partial charge in [-0.25, -0.2) is 4.79 Å². The fraction of sp³-hybridized carbons (Fsp3) is 0.556. The Morgan fingerprint density at radius 2 is 2.00 bits per heavy atom. The average Bonchev–Trinajstić information content (AvgIpc) is 2.10. The maximum atomic E-state index is 11.4. The minimum absolute atomic E-state index is 0.216. The zero-order chi connectivity index (χ0) is 12.1. The number of nitrogens with zero attached hydrogens (tertiary/aromatic N) is 1. The van der Waals surface area contributed by atoms with Crippen molar-refractivity contribution < 1.29 is 23.7 Å². The zero-order valence-electron chi connectivity index (χ0n) is 9.27. The lowest BCUT2D eigenvalue weighted by Gasteiger charge is -2.23. The molecule has 6 heteroatoms. The average molecular weight is 234 g/mol. The normalized spacial score (nSPS) is 13.1. The highest BCUT2D eigenvalue weighted by Crippen LogP contribution is 2.31. The van der Waals surface area contributed by atoms with Crippen LogP contribution in [0.1, 0.15) is 0 Å². The van der Waals surface area contributed by atoms with Gasteiger partial charge in [0.25, 0.3) is 0 Å². The molecule has 1 N–H and O–H groups in total. The van der Waals surface area contributed by atoms with Crippen LogP contribution in [0.3, 0.4) is 0 Å². The Morgan fingerprint density at radius 3 is 2.40 bits per heavy atom. The van der Waals surface area contributed by atoms with Crippen LogP contribution < -0.4 is 0 Å². The molecular formula is C9H17NO4P+. The van der Waals surface area contributed by atoms with Gasteiger partial charge in [0, 0.05) is 6.08 Å². The molecule has 0 aliphatic heterocycles. The van der Waals surface area contributed by atoms with Crippen molar-refractivity contribution in [3.8, 4) is 0 Å². The van der Waals surface area contributed by atoms with Gasteiger partial charge in [-0.2, -0.15) is 0 Å². The zero-order valence-corrected chi connectivity index (χ0v) is 10.2. The summed E-state index contributed by atoms with van der Waals surface area (Å²) >= 11 is 0. The molecule has 0 rings (SSSR count). The monoisotopic (exact) mass is 234 g/mol. The van der Waals surface area contributed by atoms with Gasteiger partial charge >= 0.3 is 5.97 Å². The number of rotatable bonds is 6. The lowest BCUT2D eigenvalue weighted by molar-refractivity contribution is -0.861. The van der Waals surface area contributed by atoms with E-state index >= 15 is 0 Å². The minimum atomic E-state index is -1.89. The summed E-state index contributed by atoms with van der Waals surface area (Å²) in [4.78, 5) is 31.5.